The lowest BCUT2D eigenvalue weighted by molar-refractivity contribution is -0.116. The van der Waals surface area contributed by atoms with E-state index in [0.717, 1.165) is 16.2 Å². The van der Waals surface area contributed by atoms with E-state index in [1.54, 1.807) is 30.5 Å². The quantitative estimate of drug-likeness (QED) is 0.429. The second-order valence-corrected chi connectivity index (χ2v) is 9.40. The lowest BCUT2D eigenvalue weighted by Gasteiger charge is -2.19. The van der Waals surface area contributed by atoms with Gasteiger partial charge in [0.15, 0.2) is 0 Å². The molecule has 0 radical (unpaired) electrons. The summed E-state index contributed by atoms with van der Waals surface area (Å²) in [5.74, 6) is 2.01. The van der Waals surface area contributed by atoms with Crippen LogP contribution in [0.3, 0.4) is 0 Å². The van der Waals surface area contributed by atoms with Gasteiger partial charge in [-0.1, -0.05) is 25.9 Å². The highest BCUT2D eigenvalue weighted by Crippen LogP contribution is 2.36. The Morgan fingerprint density at radius 1 is 1.18 bits per heavy atom. The van der Waals surface area contributed by atoms with Crippen molar-refractivity contribution in [3.05, 3.63) is 47.8 Å². The topological polar surface area (TPSA) is 118 Å². The Morgan fingerprint density at radius 2 is 2.00 bits per heavy atom. The van der Waals surface area contributed by atoms with Crippen LogP contribution in [0.15, 0.2) is 45.9 Å². The highest BCUT2D eigenvalue weighted by Gasteiger charge is 2.21. The van der Waals surface area contributed by atoms with Gasteiger partial charge in [-0.15, -0.1) is 11.8 Å². The van der Waals surface area contributed by atoms with Crippen molar-refractivity contribution in [1.82, 2.24) is 10.1 Å². The van der Waals surface area contributed by atoms with E-state index in [2.05, 4.69) is 26.1 Å². The lowest BCUT2D eigenvalue weighted by atomic mass is 9.92. The van der Waals surface area contributed by atoms with Crippen molar-refractivity contribution in [2.45, 2.75) is 43.9 Å². The molecule has 3 aromatic rings. The first-order valence-corrected chi connectivity index (χ1v) is 11.6. The average Bonchev–Trinajstić information content (AvgIpc) is 3.23. The van der Waals surface area contributed by atoms with Gasteiger partial charge in [-0.2, -0.15) is 0 Å². The maximum absolute atomic E-state index is 12.5. The molecular weight excluding hydrogens is 442 g/mol. The summed E-state index contributed by atoms with van der Waals surface area (Å²) in [6.45, 7) is 6.04. The zero-order valence-corrected chi connectivity index (χ0v) is 19.6. The summed E-state index contributed by atoms with van der Waals surface area (Å²) in [5.41, 5.74) is 2.07. The minimum absolute atomic E-state index is 0.0505. The van der Waals surface area contributed by atoms with Crippen molar-refractivity contribution >= 4 is 41.1 Å². The molecule has 0 aliphatic carbocycles. The molecule has 3 N–H and O–H groups in total. The number of hydrogen-bond donors (Lipinski definition) is 3. The fraction of sp³-hybridized carbons (Fsp3) is 0.304. The number of anilines is 3. The number of carbonyl (C=O) groups excluding carboxylic acids is 2. The molecule has 1 aliphatic heterocycles. The van der Waals surface area contributed by atoms with E-state index in [4.69, 9.17) is 9.26 Å². The van der Waals surface area contributed by atoms with Gasteiger partial charge in [-0.05, 0) is 36.9 Å². The van der Waals surface area contributed by atoms with Gasteiger partial charge in [0.05, 0.1) is 11.4 Å². The summed E-state index contributed by atoms with van der Waals surface area (Å²) in [5, 5.41) is 12.3. The number of aromatic nitrogens is 2. The van der Waals surface area contributed by atoms with Gasteiger partial charge < -0.3 is 19.9 Å². The number of hydrogen-bond acceptors (Lipinski definition) is 7. The zero-order valence-electron chi connectivity index (χ0n) is 18.8. The molecule has 0 fully saturated rings. The van der Waals surface area contributed by atoms with E-state index in [1.807, 2.05) is 33.1 Å². The standard InChI is InChI=1S/C23H25N5O4S/c1-23(2,3)18-12-20(32-28-18)27-22(30)25-15-7-5-13(11-17(15)33-4)31-16-9-10-24-21-14(16)6-8-19(29)26-21/h5,7,9-12H,6,8H2,1-4H3,(H,24,26,29)(H2,25,27,30). The number of amides is 3. The molecule has 1 aromatic carbocycles. The summed E-state index contributed by atoms with van der Waals surface area (Å²) in [4.78, 5) is 29.1. The fourth-order valence-corrected chi connectivity index (χ4v) is 3.84. The van der Waals surface area contributed by atoms with Crippen LogP contribution in [0.4, 0.5) is 22.2 Å². The Hall–Kier alpha value is -3.53. The molecule has 4 rings (SSSR count). The first-order valence-electron chi connectivity index (χ1n) is 10.4. The van der Waals surface area contributed by atoms with Gasteiger partial charge in [0.1, 0.15) is 17.3 Å². The first kappa shape index (κ1) is 22.7. The van der Waals surface area contributed by atoms with Gasteiger partial charge >= 0.3 is 6.03 Å². The SMILES string of the molecule is CSc1cc(Oc2ccnc3c2CCC(=O)N3)ccc1NC(=O)Nc1cc(C(C)(C)C)no1. The number of urea groups is 1. The van der Waals surface area contributed by atoms with Crippen LogP contribution in [0.5, 0.6) is 11.5 Å². The van der Waals surface area contributed by atoms with Crippen LogP contribution in [0.2, 0.25) is 0 Å². The Balaban J connectivity index is 1.46. The van der Waals surface area contributed by atoms with Crippen LogP contribution in [0.1, 0.15) is 38.4 Å². The Labute approximate surface area is 195 Å². The molecule has 0 saturated carbocycles. The van der Waals surface area contributed by atoms with Gasteiger partial charge in [-0.3, -0.25) is 10.1 Å². The third-order valence-corrected chi connectivity index (χ3v) is 5.81. The van der Waals surface area contributed by atoms with E-state index in [1.165, 1.54) is 11.8 Å². The number of benzene rings is 1. The lowest BCUT2D eigenvalue weighted by Crippen LogP contribution is -2.20. The van der Waals surface area contributed by atoms with Crippen LogP contribution < -0.4 is 20.7 Å². The Morgan fingerprint density at radius 3 is 2.73 bits per heavy atom. The average molecular weight is 468 g/mol. The minimum atomic E-state index is -0.436. The predicted molar refractivity (Wildman–Crippen MR) is 127 cm³/mol. The largest absolute Gasteiger partial charge is 0.457 e. The van der Waals surface area contributed by atoms with Crippen molar-refractivity contribution in [3.63, 3.8) is 0 Å². The van der Waals surface area contributed by atoms with Crippen LogP contribution >= 0.6 is 11.8 Å². The minimum Gasteiger partial charge on any atom is -0.457 e. The summed E-state index contributed by atoms with van der Waals surface area (Å²) >= 11 is 1.48. The van der Waals surface area contributed by atoms with Crippen LogP contribution in [-0.4, -0.2) is 28.3 Å². The van der Waals surface area contributed by atoms with E-state index < -0.39 is 6.03 Å². The van der Waals surface area contributed by atoms with Crippen molar-refractivity contribution in [2.24, 2.45) is 0 Å². The third kappa shape index (κ3) is 5.28. The van der Waals surface area contributed by atoms with E-state index >= 15 is 0 Å². The molecular formula is C23H25N5O4S. The molecule has 33 heavy (non-hydrogen) atoms. The third-order valence-electron chi connectivity index (χ3n) is 5.04. The number of carbonyl (C=O) groups is 2. The molecule has 0 atom stereocenters. The number of pyridine rings is 1. The highest BCUT2D eigenvalue weighted by atomic mass is 32.2. The molecule has 10 heteroatoms. The van der Waals surface area contributed by atoms with E-state index in [9.17, 15) is 9.59 Å². The van der Waals surface area contributed by atoms with Crippen molar-refractivity contribution in [3.8, 4) is 11.5 Å². The van der Waals surface area contributed by atoms with E-state index in [0.29, 0.717) is 35.8 Å². The Bertz CT molecular complexity index is 1200. The maximum atomic E-state index is 12.5. The van der Waals surface area contributed by atoms with Crippen molar-refractivity contribution < 1.29 is 18.8 Å². The maximum Gasteiger partial charge on any atom is 0.326 e. The second kappa shape index (κ2) is 9.14. The highest BCUT2D eigenvalue weighted by molar-refractivity contribution is 7.98. The van der Waals surface area contributed by atoms with Crippen molar-refractivity contribution in [2.75, 3.05) is 22.2 Å². The fourth-order valence-electron chi connectivity index (χ4n) is 3.27. The summed E-state index contributed by atoms with van der Waals surface area (Å²) in [6.07, 6.45) is 4.48. The molecule has 0 bridgehead atoms. The number of nitrogens with one attached hydrogen (secondary N) is 3. The van der Waals surface area contributed by atoms with Gasteiger partial charge in [0.25, 0.3) is 0 Å². The monoisotopic (exact) mass is 467 g/mol. The van der Waals surface area contributed by atoms with Crippen molar-refractivity contribution in [1.29, 1.82) is 0 Å². The molecule has 0 unspecified atom stereocenters. The van der Waals surface area contributed by atoms with Gasteiger partial charge in [0, 0.05) is 34.6 Å². The molecule has 3 heterocycles. The number of ether oxygens (including phenoxy) is 1. The molecule has 1 aliphatic rings. The smallest absolute Gasteiger partial charge is 0.326 e. The first-order chi connectivity index (χ1) is 15.7. The molecule has 0 saturated heterocycles. The molecule has 3 amide bonds. The van der Waals surface area contributed by atoms with Crippen LogP contribution in [-0.2, 0) is 16.6 Å². The molecule has 0 spiro atoms. The molecule has 2 aromatic heterocycles. The number of thioether (sulfide) groups is 1. The van der Waals surface area contributed by atoms with Gasteiger partial charge in [0.2, 0.25) is 11.8 Å². The number of fused-ring (bicyclic) bond motifs is 1. The Kier molecular flexibility index (Phi) is 6.28. The summed E-state index contributed by atoms with van der Waals surface area (Å²) < 4.78 is 11.3. The zero-order chi connectivity index (χ0) is 23.6. The summed E-state index contributed by atoms with van der Waals surface area (Å²) in [6, 6.07) is 8.45. The molecule has 9 nitrogen and oxygen atoms in total. The van der Waals surface area contributed by atoms with E-state index in [-0.39, 0.29) is 17.2 Å². The van der Waals surface area contributed by atoms with Crippen LogP contribution in [0, 0.1) is 0 Å². The molecule has 172 valence electrons. The number of nitrogens with zero attached hydrogens (tertiary/aromatic N) is 2. The normalized spacial score (nSPS) is 13.2. The number of rotatable bonds is 5. The summed E-state index contributed by atoms with van der Waals surface area (Å²) in [7, 11) is 0. The second-order valence-electron chi connectivity index (χ2n) is 8.55. The van der Waals surface area contributed by atoms with Crippen LogP contribution in [0.25, 0.3) is 0 Å². The predicted octanol–water partition coefficient (Wildman–Crippen LogP) is 5.41. The van der Waals surface area contributed by atoms with Gasteiger partial charge in [-0.25, -0.2) is 9.78 Å².